The summed E-state index contributed by atoms with van der Waals surface area (Å²) in [5.41, 5.74) is 0.641. The predicted molar refractivity (Wildman–Crippen MR) is 104 cm³/mol. The Labute approximate surface area is 163 Å². The van der Waals surface area contributed by atoms with Crippen LogP contribution >= 0.6 is 27.3 Å². The third-order valence-corrected chi connectivity index (χ3v) is 5.67. The van der Waals surface area contributed by atoms with Gasteiger partial charge in [0.1, 0.15) is 6.04 Å². The van der Waals surface area contributed by atoms with Gasteiger partial charge in [-0.15, -0.1) is 11.3 Å². The van der Waals surface area contributed by atoms with Crippen LogP contribution in [0.15, 0.2) is 46.3 Å². The molecule has 3 rings (SSSR count). The summed E-state index contributed by atoms with van der Waals surface area (Å²) >= 11 is 4.72. The molecule has 0 radical (unpaired) electrons. The number of amides is 3. The predicted octanol–water partition coefficient (Wildman–Crippen LogP) is 2.87. The molecule has 1 atom stereocenters. The SMILES string of the molecule is O=C(CNC(=O)C1CCCN1C(=O)c1cccs1)Nc1ccccc1Br. The number of benzene rings is 1. The van der Waals surface area contributed by atoms with Gasteiger partial charge in [-0.2, -0.15) is 0 Å². The lowest BCUT2D eigenvalue weighted by molar-refractivity contribution is -0.127. The molecule has 1 saturated heterocycles. The van der Waals surface area contributed by atoms with E-state index < -0.39 is 6.04 Å². The van der Waals surface area contributed by atoms with Crippen molar-refractivity contribution in [2.75, 3.05) is 18.4 Å². The third-order valence-electron chi connectivity index (χ3n) is 4.12. The second-order valence-electron chi connectivity index (χ2n) is 5.88. The lowest BCUT2D eigenvalue weighted by Crippen LogP contribution is -2.47. The number of nitrogens with one attached hydrogen (secondary N) is 2. The van der Waals surface area contributed by atoms with Gasteiger partial charge in [-0.1, -0.05) is 18.2 Å². The van der Waals surface area contributed by atoms with E-state index in [0.717, 1.165) is 10.9 Å². The fourth-order valence-electron chi connectivity index (χ4n) is 2.87. The first kappa shape index (κ1) is 18.6. The Balaban J connectivity index is 1.55. The number of hydrogen-bond donors (Lipinski definition) is 2. The van der Waals surface area contributed by atoms with Gasteiger partial charge in [0.2, 0.25) is 11.8 Å². The first-order valence-electron chi connectivity index (χ1n) is 8.23. The van der Waals surface area contributed by atoms with Gasteiger partial charge in [0, 0.05) is 11.0 Å². The van der Waals surface area contributed by atoms with Crippen molar-refractivity contribution >= 4 is 50.7 Å². The third kappa shape index (κ3) is 4.31. The largest absolute Gasteiger partial charge is 0.345 e. The minimum absolute atomic E-state index is 0.129. The zero-order chi connectivity index (χ0) is 18.5. The Hall–Kier alpha value is -2.19. The molecule has 136 valence electrons. The number of carbonyl (C=O) groups is 3. The van der Waals surface area contributed by atoms with Crippen molar-refractivity contribution in [2.24, 2.45) is 0 Å². The van der Waals surface area contributed by atoms with Crippen molar-refractivity contribution in [3.8, 4) is 0 Å². The fraction of sp³-hybridized carbons (Fsp3) is 0.278. The maximum absolute atomic E-state index is 12.5. The maximum atomic E-state index is 12.5. The Morgan fingerprint density at radius 1 is 1.19 bits per heavy atom. The minimum atomic E-state index is -0.527. The quantitative estimate of drug-likeness (QED) is 0.757. The van der Waals surface area contributed by atoms with E-state index in [4.69, 9.17) is 0 Å². The summed E-state index contributed by atoms with van der Waals surface area (Å²) < 4.78 is 0.767. The second-order valence-corrected chi connectivity index (χ2v) is 7.68. The van der Waals surface area contributed by atoms with Gasteiger partial charge >= 0.3 is 0 Å². The molecule has 3 amide bonds. The molecule has 0 aliphatic carbocycles. The second kappa shape index (κ2) is 8.46. The van der Waals surface area contributed by atoms with E-state index in [0.29, 0.717) is 23.5 Å². The number of hydrogen-bond acceptors (Lipinski definition) is 4. The highest BCUT2D eigenvalue weighted by Gasteiger charge is 2.34. The van der Waals surface area contributed by atoms with Gasteiger partial charge in [0.05, 0.1) is 17.1 Å². The van der Waals surface area contributed by atoms with Crippen molar-refractivity contribution in [1.29, 1.82) is 0 Å². The molecule has 6 nitrogen and oxygen atoms in total. The molecular weight excluding hydrogens is 418 g/mol. The van der Waals surface area contributed by atoms with Gasteiger partial charge in [0.15, 0.2) is 0 Å². The number of anilines is 1. The fourth-order valence-corrected chi connectivity index (χ4v) is 3.93. The Morgan fingerprint density at radius 3 is 2.73 bits per heavy atom. The summed E-state index contributed by atoms with van der Waals surface area (Å²) in [5.74, 6) is -0.746. The highest BCUT2D eigenvalue weighted by Crippen LogP contribution is 2.23. The molecule has 2 heterocycles. The summed E-state index contributed by atoms with van der Waals surface area (Å²) in [6, 6.07) is 10.3. The van der Waals surface area contributed by atoms with Crippen LogP contribution in [-0.2, 0) is 9.59 Å². The number of rotatable bonds is 5. The van der Waals surface area contributed by atoms with Crippen LogP contribution in [0.25, 0.3) is 0 Å². The number of nitrogens with zero attached hydrogens (tertiary/aromatic N) is 1. The molecule has 1 unspecified atom stereocenters. The van der Waals surface area contributed by atoms with Gasteiger partial charge < -0.3 is 15.5 Å². The van der Waals surface area contributed by atoms with Crippen LogP contribution in [0.5, 0.6) is 0 Å². The van der Waals surface area contributed by atoms with E-state index in [-0.39, 0.29) is 24.3 Å². The van der Waals surface area contributed by atoms with Crippen LogP contribution in [0, 0.1) is 0 Å². The number of thiophene rings is 1. The lowest BCUT2D eigenvalue weighted by atomic mass is 10.2. The van der Waals surface area contributed by atoms with E-state index in [9.17, 15) is 14.4 Å². The normalized spacial score (nSPS) is 16.3. The van der Waals surface area contributed by atoms with Crippen molar-refractivity contribution in [3.63, 3.8) is 0 Å². The monoisotopic (exact) mass is 435 g/mol. The summed E-state index contributed by atoms with van der Waals surface area (Å²) in [6.07, 6.45) is 1.38. The Morgan fingerprint density at radius 2 is 2.00 bits per heavy atom. The van der Waals surface area contributed by atoms with Crippen molar-refractivity contribution in [2.45, 2.75) is 18.9 Å². The van der Waals surface area contributed by atoms with Gasteiger partial charge in [-0.25, -0.2) is 0 Å². The summed E-state index contributed by atoms with van der Waals surface area (Å²) in [5, 5.41) is 7.21. The number of likely N-dealkylation sites (tertiary alicyclic amines) is 1. The van der Waals surface area contributed by atoms with Crippen LogP contribution in [0.2, 0.25) is 0 Å². The molecule has 0 spiro atoms. The topological polar surface area (TPSA) is 78.5 Å². The smallest absolute Gasteiger partial charge is 0.264 e. The van der Waals surface area contributed by atoms with Gasteiger partial charge in [-0.05, 0) is 52.4 Å². The average Bonchev–Trinajstić information content (AvgIpc) is 3.33. The highest BCUT2D eigenvalue weighted by molar-refractivity contribution is 9.10. The number of halogens is 1. The van der Waals surface area contributed by atoms with Crippen molar-refractivity contribution in [1.82, 2.24) is 10.2 Å². The van der Waals surface area contributed by atoms with Crippen molar-refractivity contribution < 1.29 is 14.4 Å². The summed E-state index contributed by atoms with van der Waals surface area (Å²) in [4.78, 5) is 39.2. The van der Waals surface area contributed by atoms with Crippen LogP contribution in [-0.4, -0.2) is 41.8 Å². The molecule has 1 aliphatic heterocycles. The molecule has 26 heavy (non-hydrogen) atoms. The van der Waals surface area contributed by atoms with E-state index in [1.807, 2.05) is 29.6 Å². The van der Waals surface area contributed by atoms with Gasteiger partial charge in [0.25, 0.3) is 5.91 Å². The minimum Gasteiger partial charge on any atom is -0.345 e. The number of para-hydroxylation sites is 1. The molecule has 1 aromatic carbocycles. The number of carbonyl (C=O) groups excluding carboxylic acids is 3. The lowest BCUT2D eigenvalue weighted by Gasteiger charge is -2.23. The molecule has 1 aliphatic rings. The zero-order valence-corrected chi connectivity index (χ0v) is 16.3. The van der Waals surface area contributed by atoms with Crippen LogP contribution in [0.3, 0.4) is 0 Å². The molecule has 1 aromatic heterocycles. The molecular formula is C18H18BrN3O3S. The van der Waals surface area contributed by atoms with E-state index in [1.54, 1.807) is 17.0 Å². The molecule has 2 N–H and O–H groups in total. The first-order chi connectivity index (χ1) is 12.6. The maximum Gasteiger partial charge on any atom is 0.264 e. The standard InChI is InChI=1S/C18H18BrN3O3S/c19-12-5-1-2-6-13(12)21-16(23)11-20-17(24)14-7-3-9-22(14)18(25)15-8-4-10-26-15/h1-2,4-6,8,10,14H,3,7,9,11H2,(H,20,24)(H,21,23). The van der Waals surface area contributed by atoms with Crippen LogP contribution in [0.1, 0.15) is 22.5 Å². The van der Waals surface area contributed by atoms with Gasteiger partial charge in [-0.3, -0.25) is 14.4 Å². The molecule has 8 heteroatoms. The first-order valence-corrected chi connectivity index (χ1v) is 9.90. The van der Waals surface area contributed by atoms with Crippen LogP contribution < -0.4 is 10.6 Å². The van der Waals surface area contributed by atoms with E-state index in [2.05, 4.69) is 26.6 Å². The summed E-state index contributed by atoms with van der Waals surface area (Å²) in [6.45, 7) is 0.412. The van der Waals surface area contributed by atoms with E-state index >= 15 is 0 Å². The molecule has 0 bridgehead atoms. The van der Waals surface area contributed by atoms with Crippen LogP contribution in [0.4, 0.5) is 5.69 Å². The molecule has 2 aromatic rings. The Kier molecular flexibility index (Phi) is 6.05. The molecule has 0 saturated carbocycles. The van der Waals surface area contributed by atoms with Crippen molar-refractivity contribution in [3.05, 3.63) is 51.1 Å². The average molecular weight is 436 g/mol. The molecule has 1 fully saturated rings. The summed E-state index contributed by atoms with van der Waals surface area (Å²) in [7, 11) is 0. The zero-order valence-electron chi connectivity index (χ0n) is 13.9. The van der Waals surface area contributed by atoms with E-state index in [1.165, 1.54) is 11.3 Å². The Bertz CT molecular complexity index is 810. The highest BCUT2D eigenvalue weighted by atomic mass is 79.9.